The number of nitriles is 1. The standard InChI is InChI=1S/C36H43N5O4S3Si/c1-24-10-13-27(14-11-24)48(43,44)41-17-16-28-32(31(46-6)20-25(2)34(28)41)33(39-47(42)36(3,4)5)35-38-29-15-12-26(22-37)21-30(29)40(35)23-45-18-19-49(7,8)9/h10-17,20-21H,18-19,23H2,1-9H3. The molecule has 2 heterocycles. The van der Waals surface area contributed by atoms with Crippen LogP contribution < -0.4 is 0 Å². The lowest BCUT2D eigenvalue weighted by atomic mass is 10.0. The minimum absolute atomic E-state index is 0.138. The van der Waals surface area contributed by atoms with Crippen molar-refractivity contribution in [3.05, 3.63) is 88.9 Å². The fourth-order valence-corrected chi connectivity index (χ4v) is 8.84. The van der Waals surface area contributed by atoms with Gasteiger partial charge in [-0.05, 0) is 94.9 Å². The highest BCUT2D eigenvalue weighted by atomic mass is 32.2. The normalized spacial score (nSPS) is 13.7. The highest BCUT2D eigenvalue weighted by Crippen LogP contribution is 2.37. The molecule has 1 atom stereocenters. The molecule has 258 valence electrons. The molecule has 0 saturated carbocycles. The number of hydrogen-bond donors (Lipinski definition) is 0. The molecule has 0 aliphatic heterocycles. The van der Waals surface area contributed by atoms with E-state index in [-0.39, 0.29) is 11.6 Å². The quantitative estimate of drug-likeness (QED) is 0.0583. The fraction of sp³-hybridized carbons (Fsp3) is 0.361. The van der Waals surface area contributed by atoms with Crippen molar-refractivity contribution in [1.82, 2.24) is 13.5 Å². The number of aromatic nitrogens is 3. The van der Waals surface area contributed by atoms with Crippen LogP contribution in [0.2, 0.25) is 25.7 Å². The van der Waals surface area contributed by atoms with E-state index in [1.807, 2.05) is 51.5 Å². The Balaban J connectivity index is 1.82. The van der Waals surface area contributed by atoms with Gasteiger partial charge in [-0.25, -0.2) is 21.6 Å². The Bertz CT molecular complexity index is 2250. The van der Waals surface area contributed by atoms with Gasteiger partial charge in [0, 0.05) is 36.7 Å². The van der Waals surface area contributed by atoms with Crippen LogP contribution in [0.3, 0.4) is 0 Å². The van der Waals surface area contributed by atoms with Gasteiger partial charge in [-0.2, -0.15) is 9.66 Å². The second-order valence-corrected chi connectivity index (χ2v) is 24.5. The summed E-state index contributed by atoms with van der Waals surface area (Å²) in [6.07, 6.45) is 3.52. The lowest BCUT2D eigenvalue weighted by Gasteiger charge is -2.20. The van der Waals surface area contributed by atoms with Crippen molar-refractivity contribution in [2.75, 3.05) is 12.9 Å². The summed E-state index contributed by atoms with van der Waals surface area (Å²) in [6, 6.07) is 19.0. The first-order valence-electron chi connectivity index (χ1n) is 16.0. The van der Waals surface area contributed by atoms with E-state index in [9.17, 15) is 17.9 Å². The van der Waals surface area contributed by atoms with E-state index in [2.05, 4.69) is 25.7 Å². The van der Waals surface area contributed by atoms with Crippen molar-refractivity contribution < 1.29 is 17.4 Å². The number of benzene rings is 3. The van der Waals surface area contributed by atoms with Crippen LogP contribution >= 0.6 is 11.8 Å². The van der Waals surface area contributed by atoms with Crippen LogP contribution in [-0.4, -0.2) is 57.5 Å². The van der Waals surface area contributed by atoms with Crippen LogP contribution in [0.4, 0.5) is 0 Å². The molecule has 0 amide bonds. The molecular formula is C36H43N5O4S3Si. The molecule has 1 unspecified atom stereocenters. The second-order valence-electron chi connectivity index (χ2n) is 14.3. The van der Waals surface area contributed by atoms with Gasteiger partial charge in [0.2, 0.25) is 0 Å². The molecule has 3 aromatic carbocycles. The molecule has 0 bridgehead atoms. The van der Waals surface area contributed by atoms with E-state index in [4.69, 9.17) is 14.1 Å². The molecule has 49 heavy (non-hydrogen) atoms. The zero-order valence-electron chi connectivity index (χ0n) is 29.5. The molecular weight excluding hydrogens is 691 g/mol. The maximum atomic E-state index is 14.1. The summed E-state index contributed by atoms with van der Waals surface area (Å²) in [5, 5.41) is 10.4. The molecule has 0 aliphatic carbocycles. The van der Waals surface area contributed by atoms with Crippen molar-refractivity contribution >= 4 is 68.5 Å². The molecule has 0 aliphatic rings. The predicted molar refractivity (Wildman–Crippen MR) is 204 cm³/mol. The van der Waals surface area contributed by atoms with Crippen LogP contribution in [0.15, 0.2) is 75.0 Å². The average molecular weight is 734 g/mol. The van der Waals surface area contributed by atoms with Gasteiger partial charge in [-0.1, -0.05) is 37.3 Å². The van der Waals surface area contributed by atoms with Gasteiger partial charge in [0.25, 0.3) is 10.0 Å². The molecule has 5 aromatic rings. The van der Waals surface area contributed by atoms with Gasteiger partial charge in [0.05, 0.1) is 37.8 Å². The number of hydrogen-bond acceptors (Lipinski definition) is 7. The first kappa shape index (κ1) is 36.7. The maximum absolute atomic E-state index is 14.1. The Morgan fingerprint density at radius 3 is 2.39 bits per heavy atom. The molecule has 13 heteroatoms. The first-order chi connectivity index (χ1) is 23.0. The third kappa shape index (κ3) is 7.63. The summed E-state index contributed by atoms with van der Waals surface area (Å²) in [4.78, 5) is 6.04. The Kier molecular flexibility index (Phi) is 10.5. The van der Waals surface area contributed by atoms with Gasteiger partial charge in [-0.15, -0.1) is 11.8 Å². The summed E-state index contributed by atoms with van der Waals surface area (Å²) in [7, 11) is -7.05. The van der Waals surface area contributed by atoms with Gasteiger partial charge in [0.1, 0.15) is 23.4 Å². The van der Waals surface area contributed by atoms with Crippen LogP contribution in [0.1, 0.15) is 48.8 Å². The zero-order valence-corrected chi connectivity index (χ0v) is 32.9. The highest BCUT2D eigenvalue weighted by Gasteiger charge is 2.30. The minimum atomic E-state index is -3.96. The molecule has 2 aromatic heterocycles. The first-order valence-corrected chi connectivity index (χ1v) is 23.4. The zero-order chi connectivity index (χ0) is 35.9. The van der Waals surface area contributed by atoms with E-state index in [1.165, 1.54) is 15.7 Å². The van der Waals surface area contributed by atoms with Crippen LogP contribution in [0, 0.1) is 25.2 Å². The minimum Gasteiger partial charge on any atom is -0.361 e. The van der Waals surface area contributed by atoms with Crippen LogP contribution in [-0.2, 0) is 32.5 Å². The average Bonchev–Trinajstić information content (AvgIpc) is 3.64. The third-order valence-corrected chi connectivity index (χ3v) is 13.7. The van der Waals surface area contributed by atoms with Gasteiger partial charge < -0.3 is 4.74 Å². The molecule has 0 fully saturated rings. The number of nitrogens with zero attached hydrogens (tertiary/aromatic N) is 5. The van der Waals surface area contributed by atoms with Gasteiger partial charge >= 0.3 is 0 Å². The second kappa shape index (κ2) is 14.0. The Morgan fingerprint density at radius 2 is 1.78 bits per heavy atom. The third-order valence-electron chi connectivity index (χ3n) is 8.13. The number of ether oxygens (including phenoxy) is 1. The summed E-state index contributed by atoms with van der Waals surface area (Å²) >= 11 is 1.49. The van der Waals surface area contributed by atoms with Gasteiger partial charge in [0.15, 0.2) is 5.82 Å². The summed E-state index contributed by atoms with van der Waals surface area (Å²) < 4.78 is 55.7. The number of rotatable bonds is 11. The molecule has 9 nitrogen and oxygen atoms in total. The van der Waals surface area contributed by atoms with Crippen molar-refractivity contribution in [3.8, 4) is 6.07 Å². The number of fused-ring (bicyclic) bond motifs is 2. The monoisotopic (exact) mass is 733 g/mol. The van der Waals surface area contributed by atoms with Crippen molar-refractivity contribution in [2.24, 2.45) is 4.40 Å². The van der Waals surface area contributed by atoms with E-state index >= 15 is 0 Å². The number of thioether (sulfide) groups is 1. The van der Waals surface area contributed by atoms with Crippen molar-refractivity contribution in [2.45, 2.75) is 81.6 Å². The summed E-state index contributed by atoms with van der Waals surface area (Å²) in [5.41, 5.74) is 5.00. The van der Waals surface area contributed by atoms with E-state index in [0.29, 0.717) is 51.2 Å². The Morgan fingerprint density at radius 1 is 1.08 bits per heavy atom. The lowest BCUT2D eigenvalue weighted by Crippen LogP contribution is -2.24. The van der Waals surface area contributed by atoms with Crippen LogP contribution in [0.5, 0.6) is 0 Å². The fourth-order valence-electron chi connectivity index (χ4n) is 5.36. The maximum Gasteiger partial charge on any atom is 0.268 e. The Labute approximate surface area is 297 Å². The largest absolute Gasteiger partial charge is 0.361 e. The smallest absolute Gasteiger partial charge is 0.268 e. The highest BCUT2D eigenvalue weighted by molar-refractivity contribution is 7.98. The SMILES string of the molecule is CSc1cc(C)c2c(ccn2S(=O)(=O)c2ccc(C)cc2)c1C(=NS(=O)C(C)(C)C)c1nc2ccc(C#N)cc2n1COCC[Si](C)(C)C. The summed E-state index contributed by atoms with van der Waals surface area (Å²) in [5.74, 6) is 0.422. The summed E-state index contributed by atoms with van der Waals surface area (Å²) in [6.45, 7) is 16.9. The molecule has 0 radical (unpaired) electrons. The topological polar surface area (TPSA) is 119 Å². The Hall–Kier alpha value is -3.54. The molecule has 0 saturated heterocycles. The van der Waals surface area contributed by atoms with E-state index < -0.39 is 33.8 Å². The molecule has 5 rings (SSSR count). The van der Waals surface area contributed by atoms with Crippen molar-refractivity contribution in [3.63, 3.8) is 0 Å². The van der Waals surface area contributed by atoms with Gasteiger partial charge in [-0.3, -0.25) is 4.57 Å². The number of aryl methyl sites for hydroxylation is 2. The van der Waals surface area contributed by atoms with Crippen LogP contribution in [0.25, 0.3) is 21.9 Å². The lowest BCUT2D eigenvalue weighted by molar-refractivity contribution is 0.0895. The van der Waals surface area contributed by atoms with E-state index in [1.54, 1.807) is 54.7 Å². The van der Waals surface area contributed by atoms with E-state index in [0.717, 1.165) is 22.1 Å². The number of imidazole rings is 1. The molecule has 0 N–H and O–H groups in total. The molecule has 0 spiro atoms. The van der Waals surface area contributed by atoms with Crippen molar-refractivity contribution in [1.29, 1.82) is 5.26 Å². The predicted octanol–water partition coefficient (Wildman–Crippen LogP) is 8.05.